The van der Waals surface area contributed by atoms with Gasteiger partial charge in [-0.1, -0.05) is 54.4 Å². The van der Waals surface area contributed by atoms with Crippen LogP contribution in [-0.2, 0) is 6.42 Å². The molecule has 0 bridgehead atoms. The molecule has 0 spiro atoms. The minimum absolute atomic E-state index is 0.462. The first-order chi connectivity index (χ1) is 13.7. The Labute approximate surface area is 170 Å². The highest BCUT2D eigenvalue weighted by atomic mass is 35.5. The molecule has 0 unspecified atom stereocenters. The van der Waals surface area contributed by atoms with Crippen molar-refractivity contribution in [3.8, 4) is 17.1 Å². The van der Waals surface area contributed by atoms with Gasteiger partial charge in [0.15, 0.2) is 17.1 Å². The van der Waals surface area contributed by atoms with Crippen molar-refractivity contribution < 1.29 is 0 Å². The van der Waals surface area contributed by atoms with E-state index in [-0.39, 0.29) is 0 Å². The van der Waals surface area contributed by atoms with E-state index in [1.165, 1.54) is 5.56 Å². The van der Waals surface area contributed by atoms with Crippen LogP contribution in [0.3, 0.4) is 0 Å². The van der Waals surface area contributed by atoms with Gasteiger partial charge in [-0.3, -0.25) is 4.40 Å². The molecule has 0 atom stereocenters. The van der Waals surface area contributed by atoms with Crippen molar-refractivity contribution in [3.05, 3.63) is 70.6 Å². The molecule has 0 N–H and O–H groups in total. The minimum Gasteiger partial charge on any atom is -0.265 e. The van der Waals surface area contributed by atoms with Gasteiger partial charge >= 0.3 is 0 Å². The molecule has 0 aliphatic rings. The number of hydrogen-bond donors (Lipinski definition) is 0. The number of fused-ring (bicyclic) bond motifs is 3. The SMILES string of the molecule is CCc1ccc(-c2nnc3c4cnn(-c5ccc(Cl)c(Cl)c5)c4ncn23)cc1. The molecule has 0 fully saturated rings. The summed E-state index contributed by atoms with van der Waals surface area (Å²) in [5, 5.41) is 15.0. The van der Waals surface area contributed by atoms with Crippen LogP contribution < -0.4 is 0 Å². The second kappa shape index (κ2) is 6.58. The van der Waals surface area contributed by atoms with E-state index in [1.54, 1.807) is 29.3 Å². The van der Waals surface area contributed by atoms with Crippen LogP contribution in [-0.4, -0.2) is 29.4 Å². The van der Waals surface area contributed by atoms with Crippen LogP contribution in [0.1, 0.15) is 12.5 Å². The fourth-order valence-corrected chi connectivity index (χ4v) is 3.51. The predicted molar refractivity (Wildman–Crippen MR) is 110 cm³/mol. The van der Waals surface area contributed by atoms with Crippen LogP contribution in [0.25, 0.3) is 33.8 Å². The van der Waals surface area contributed by atoms with E-state index in [4.69, 9.17) is 23.2 Å². The summed E-state index contributed by atoms with van der Waals surface area (Å²) in [6, 6.07) is 13.6. The maximum Gasteiger partial charge on any atom is 0.175 e. The molecule has 28 heavy (non-hydrogen) atoms. The van der Waals surface area contributed by atoms with Gasteiger partial charge in [0.05, 0.1) is 27.3 Å². The number of nitrogens with zero attached hydrogens (tertiary/aromatic N) is 6. The molecule has 3 aromatic heterocycles. The second-order valence-corrected chi connectivity index (χ2v) is 7.22. The average molecular weight is 409 g/mol. The number of hydrogen-bond acceptors (Lipinski definition) is 4. The first kappa shape index (κ1) is 17.2. The van der Waals surface area contributed by atoms with Crippen LogP contribution in [0.15, 0.2) is 55.0 Å². The van der Waals surface area contributed by atoms with Crippen molar-refractivity contribution in [2.45, 2.75) is 13.3 Å². The third kappa shape index (κ3) is 2.65. The lowest BCUT2D eigenvalue weighted by molar-refractivity contribution is 0.893. The van der Waals surface area contributed by atoms with Gasteiger partial charge in [0.25, 0.3) is 0 Å². The van der Waals surface area contributed by atoms with Crippen molar-refractivity contribution in [2.75, 3.05) is 0 Å². The summed E-state index contributed by atoms with van der Waals surface area (Å²) in [5.41, 5.74) is 4.41. The summed E-state index contributed by atoms with van der Waals surface area (Å²) in [7, 11) is 0. The molecule has 2 aromatic carbocycles. The second-order valence-electron chi connectivity index (χ2n) is 6.40. The Morgan fingerprint density at radius 3 is 2.50 bits per heavy atom. The largest absolute Gasteiger partial charge is 0.265 e. The van der Waals surface area contributed by atoms with E-state index < -0.39 is 0 Å². The lowest BCUT2D eigenvalue weighted by atomic mass is 10.1. The van der Waals surface area contributed by atoms with E-state index in [2.05, 4.69) is 51.5 Å². The van der Waals surface area contributed by atoms with Gasteiger partial charge in [0.1, 0.15) is 6.33 Å². The third-order valence-electron chi connectivity index (χ3n) is 4.74. The Kier molecular flexibility index (Phi) is 4.03. The highest BCUT2D eigenvalue weighted by molar-refractivity contribution is 6.42. The number of aromatic nitrogens is 6. The Morgan fingerprint density at radius 2 is 1.75 bits per heavy atom. The normalized spacial score (nSPS) is 11.5. The summed E-state index contributed by atoms with van der Waals surface area (Å²) in [6.45, 7) is 2.13. The Balaban J connectivity index is 1.66. The zero-order chi connectivity index (χ0) is 19.3. The van der Waals surface area contributed by atoms with Gasteiger partial charge in [0, 0.05) is 5.56 Å². The molecule has 0 radical (unpaired) electrons. The summed E-state index contributed by atoms with van der Waals surface area (Å²) >= 11 is 12.2. The third-order valence-corrected chi connectivity index (χ3v) is 5.48. The minimum atomic E-state index is 0.462. The summed E-state index contributed by atoms with van der Waals surface area (Å²) in [5.74, 6) is 0.745. The quantitative estimate of drug-likeness (QED) is 0.421. The highest BCUT2D eigenvalue weighted by Crippen LogP contribution is 2.27. The van der Waals surface area contributed by atoms with Crippen molar-refractivity contribution in [2.24, 2.45) is 0 Å². The maximum absolute atomic E-state index is 6.15. The molecular weight excluding hydrogens is 395 g/mol. The van der Waals surface area contributed by atoms with Crippen LogP contribution in [0.5, 0.6) is 0 Å². The molecule has 3 heterocycles. The standard InChI is InChI=1S/C20H14Cl2N6/c1-2-12-3-5-13(6-4-12)18-25-26-20-15-10-24-28(19(15)23-11-27(18)20)14-7-8-16(21)17(22)9-14/h3-11H,2H2,1H3. The number of benzene rings is 2. The zero-order valence-electron chi connectivity index (χ0n) is 14.8. The summed E-state index contributed by atoms with van der Waals surface area (Å²) < 4.78 is 3.59. The van der Waals surface area contributed by atoms with Crippen LogP contribution >= 0.6 is 23.2 Å². The fourth-order valence-electron chi connectivity index (χ4n) is 3.21. The Hall–Kier alpha value is -2.96. The topological polar surface area (TPSA) is 60.9 Å². The van der Waals surface area contributed by atoms with Crippen LogP contribution in [0.4, 0.5) is 0 Å². The van der Waals surface area contributed by atoms with E-state index in [1.807, 2.05) is 10.5 Å². The lowest BCUT2D eigenvalue weighted by Gasteiger charge is -2.05. The molecule has 0 aliphatic heterocycles. The van der Waals surface area contributed by atoms with Gasteiger partial charge < -0.3 is 0 Å². The Bertz CT molecular complexity index is 1320. The summed E-state index contributed by atoms with van der Waals surface area (Å²) in [4.78, 5) is 4.60. The van der Waals surface area contributed by atoms with Gasteiger partial charge in [-0.2, -0.15) is 5.10 Å². The molecule has 8 heteroatoms. The van der Waals surface area contributed by atoms with Crippen molar-refractivity contribution in [3.63, 3.8) is 0 Å². The van der Waals surface area contributed by atoms with E-state index >= 15 is 0 Å². The van der Waals surface area contributed by atoms with Crippen molar-refractivity contribution in [1.29, 1.82) is 0 Å². The molecule has 5 aromatic rings. The van der Waals surface area contributed by atoms with Gasteiger partial charge in [-0.25, -0.2) is 9.67 Å². The zero-order valence-corrected chi connectivity index (χ0v) is 16.4. The molecule has 5 rings (SSSR count). The molecule has 0 saturated carbocycles. The molecule has 0 aliphatic carbocycles. The first-order valence-corrected chi connectivity index (χ1v) is 9.53. The monoisotopic (exact) mass is 408 g/mol. The van der Waals surface area contributed by atoms with Gasteiger partial charge in [0.2, 0.25) is 0 Å². The molecule has 6 nitrogen and oxygen atoms in total. The molecule has 0 saturated heterocycles. The van der Waals surface area contributed by atoms with Gasteiger partial charge in [-0.05, 0) is 30.2 Å². The van der Waals surface area contributed by atoms with E-state index in [9.17, 15) is 0 Å². The molecular formula is C20H14Cl2N6. The predicted octanol–water partition coefficient (Wildman–Crippen LogP) is 5.00. The number of halogens is 2. The molecule has 138 valence electrons. The van der Waals surface area contributed by atoms with E-state index in [0.717, 1.165) is 28.9 Å². The molecule has 0 amide bonds. The van der Waals surface area contributed by atoms with Crippen LogP contribution in [0, 0.1) is 0 Å². The van der Waals surface area contributed by atoms with Crippen molar-refractivity contribution in [1.82, 2.24) is 29.4 Å². The number of aryl methyl sites for hydroxylation is 1. The smallest absolute Gasteiger partial charge is 0.175 e. The van der Waals surface area contributed by atoms with Gasteiger partial charge in [-0.15, -0.1) is 10.2 Å². The van der Waals surface area contributed by atoms with E-state index in [0.29, 0.717) is 21.3 Å². The average Bonchev–Trinajstić information content (AvgIpc) is 3.34. The maximum atomic E-state index is 6.15. The Morgan fingerprint density at radius 1 is 0.929 bits per heavy atom. The summed E-state index contributed by atoms with van der Waals surface area (Å²) in [6.07, 6.45) is 4.45. The van der Waals surface area contributed by atoms with Crippen LogP contribution in [0.2, 0.25) is 10.0 Å². The first-order valence-electron chi connectivity index (χ1n) is 8.78. The fraction of sp³-hybridized carbons (Fsp3) is 0.100. The lowest BCUT2D eigenvalue weighted by Crippen LogP contribution is -1.99. The highest BCUT2D eigenvalue weighted by Gasteiger charge is 2.15. The van der Waals surface area contributed by atoms with Crippen molar-refractivity contribution >= 4 is 39.9 Å². The number of rotatable bonds is 3.